The van der Waals surface area contributed by atoms with Crippen molar-refractivity contribution in [2.24, 2.45) is 0 Å². The second kappa shape index (κ2) is 6.56. The third-order valence-electron chi connectivity index (χ3n) is 4.75. The van der Waals surface area contributed by atoms with Crippen LogP contribution in [0.2, 0.25) is 0 Å². The zero-order valence-electron chi connectivity index (χ0n) is 13.2. The summed E-state index contributed by atoms with van der Waals surface area (Å²) in [6, 6.07) is 5.41. The third-order valence-corrected chi connectivity index (χ3v) is 4.75. The molecule has 1 aliphatic heterocycles. The van der Waals surface area contributed by atoms with Gasteiger partial charge in [0.1, 0.15) is 11.9 Å². The first kappa shape index (κ1) is 15.8. The van der Waals surface area contributed by atoms with Gasteiger partial charge in [-0.05, 0) is 37.5 Å². The van der Waals surface area contributed by atoms with Crippen LogP contribution >= 0.6 is 0 Å². The minimum absolute atomic E-state index is 0.147. The van der Waals surface area contributed by atoms with Crippen molar-refractivity contribution in [3.05, 3.63) is 35.6 Å². The Morgan fingerprint density at radius 1 is 1.30 bits per heavy atom. The highest BCUT2D eigenvalue weighted by Gasteiger charge is 2.38. The van der Waals surface area contributed by atoms with Crippen LogP contribution in [0.5, 0.6) is 0 Å². The molecule has 1 aromatic carbocycles. The van der Waals surface area contributed by atoms with Crippen LogP contribution in [-0.4, -0.2) is 35.5 Å². The summed E-state index contributed by atoms with van der Waals surface area (Å²) in [5.41, 5.74) is 0.830. The SMILES string of the molecule is CC(NC(=O)C1CN(C2CCCC2)C(=O)N1)c1ccc(F)cc1. The minimum atomic E-state index is -0.522. The fourth-order valence-corrected chi connectivity index (χ4v) is 3.39. The number of benzene rings is 1. The van der Waals surface area contributed by atoms with Crippen LogP contribution in [0.15, 0.2) is 24.3 Å². The van der Waals surface area contributed by atoms with E-state index < -0.39 is 6.04 Å². The van der Waals surface area contributed by atoms with Gasteiger partial charge in [0.2, 0.25) is 5.91 Å². The topological polar surface area (TPSA) is 61.4 Å². The lowest BCUT2D eigenvalue weighted by Gasteiger charge is -2.22. The van der Waals surface area contributed by atoms with Crippen LogP contribution < -0.4 is 10.6 Å². The van der Waals surface area contributed by atoms with Gasteiger partial charge in [0.15, 0.2) is 0 Å². The van der Waals surface area contributed by atoms with Crippen LogP contribution in [0, 0.1) is 5.82 Å². The zero-order valence-corrected chi connectivity index (χ0v) is 13.2. The Balaban J connectivity index is 1.58. The van der Waals surface area contributed by atoms with Crippen LogP contribution in [0.4, 0.5) is 9.18 Å². The van der Waals surface area contributed by atoms with E-state index in [1.165, 1.54) is 12.1 Å². The lowest BCUT2D eigenvalue weighted by molar-refractivity contribution is -0.123. The molecule has 0 bridgehead atoms. The van der Waals surface area contributed by atoms with Gasteiger partial charge >= 0.3 is 6.03 Å². The van der Waals surface area contributed by atoms with Crippen molar-refractivity contribution in [2.45, 2.75) is 50.7 Å². The van der Waals surface area contributed by atoms with Gasteiger partial charge in [-0.2, -0.15) is 0 Å². The smallest absolute Gasteiger partial charge is 0.318 e. The van der Waals surface area contributed by atoms with Gasteiger partial charge in [0, 0.05) is 6.04 Å². The maximum Gasteiger partial charge on any atom is 0.318 e. The number of hydrogen-bond donors (Lipinski definition) is 2. The molecule has 2 atom stereocenters. The van der Waals surface area contributed by atoms with Crippen molar-refractivity contribution in [3.63, 3.8) is 0 Å². The molecule has 0 aromatic heterocycles. The molecule has 3 rings (SSSR count). The average Bonchev–Trinajstić information content (AvgIpc) is 3.16. The number of carbonyl (C=O) groups is 2. The predicted molar refractivity (Wildman–Crippen MR) is 84.2 cm³/mol. The number of halogens is 1. The molecule has 1 aliphatic carbocycles. The molecular weight excluding hydrogens is 297 g/mol. The Bertz CT molecular complexity index is 584. The van der Waals surface area contributed by atoms with Crippen molar-refractivity contribution in [2.75, 3.05) is 6.54 Å². The summed E-state index contributed by atoms with van der Waals surface area (Å²) in [6.07, 6.45) is 4.33. The normalized spacial score (nSPS) is 23.0. The van der Waals surface area contributed by atoms with Gasteiger partial charge < -0.3 is 15.5 Å². The van der Waals surface area contributed by atoms with E-state index in [0.717, 1.165) is 31.2 Å². The van der Waals surface area contributed by atoms with Gasteiger partial charge in [-0.1, -0.05) is 25.0 Å². The summed E-state index contributed by atoms with van der Waals surface area (Å²) in [6.45, 7) is 2.27. The van der Waals surface area contributed by atoms with E-state index in [-0.39, 0.29) is 29.8 Å². The lowest BCUT2D eigenvalue weighted by atomic mass is 10.1. The van der Waals surface area contributed by atoms with E-state index in [9.17, 15) is 14.0 Å². The van der Waals surface area contributed by atoms with Crippen molar-refractivity contribution < 1.29 is 14.0 Å². The highest BCUT2D eigenvalue weighted by atomic mass is 19.1. The first-order chi connectivity index (χ1) is 11.0. The first-order valence-electron chi connectivity index (χ1n) is 8.17. The molecule has 3 amide bonds. The maximum atomic E-state index is 13.0. The first-order valence-corrected chi connectivity index (χ1v) is 8.17. The summed E-state index contributed by atoms with van der Waals surface area (Å²) >= 11 is 0. The molecule has 0 radical (unpaired) electrons. The van der Waals surface area contributed by atoms with Crippen LogP contribution in [0.3, 0.4) is 0 Å². The maximum absolute atomic E-state index is 13.0. The van der Waals surface area contributed by atoms with Gasteiger partial charge in [-0.3, -0.25) is 4.79 Å². The van der Waals surface area contributed by atoms with Crippen LogP contribution in [0.25, 0.3) is 0 Å². The summed E-state index contributed by atoms with van der Waals surface area (Å²) in [5.74, 6) is -0.502. The summed E-state index contributed by atoms with van der Waals surface area (Å²) in [7, 11) is 0. The van der Waals surface area contributed by atoms with E-state index in [0.29, 0.717) is 6.54 Å². The standard InChI is InChI=1S/C17H22FN3O2/c1-11(12-6-8-13(18)9-7-12)19-16(22)15-10-21(17(23)20-15)14-4-2-3-5-14/h6-9,11,14-15H,2-5,10H2,1H3,(H,19,22)(H,20,23). The second-order valence-electron chi connectivity index (χ2n) is 6.37. The highest BCUT2D eigenvalue weighted by molar-refractivity contribution is 5.90. The number of hydrogen-bond acceptors (Lipinski definition) is 2. The quantitative estimate of drug-likeness (QED) is 0.895. The molecule has 1 aromatic rings. The molecule has 2 aliphatic rings. The largest absolute Gasteiger partial charge is 0.348 e. The number of urea groups is 1. The third kappa shape index (κ3) is 3.46. The molecule has 2 fully saturated rings. The Labute approximate surface area is 135 Å². The van der Waals surface area contributed by atoms with Crippen molar-refractivity contribution in [3.8, 4) is 0 Å². The van der Waals surface area contributed by atoms with Gasteiger partial charge in [-0.25, -0.2) is 9.18 Å². The van der Waals surface area contributed by atoms with E-state index in [4.69, 9.17) is 0 Å². The molecule has 1 heterocycles. The molecule has 1 saturated carbocycles. The number of carbonyl (C=O) groups excluding carboxylic acids is 2. The molecule has 5 nitrogen and oxygen atoms in total. The molecule has 23 heavy (non-hydrogen) atoms. The van der Waals surface area contributed by atoms with Gasteiger partial charge in [0.05, 0.1) is 12.6 Å². The second-order valence-corrected chi connectivity index (χ2v) is 6.37. The lowest BCUT2D eigenvalue weighted by Crippen LogP contribution is -2.43. The summed E-state index contributed by atoms with van der Waals surface area (Å²) < 4.78 is 13.0. The molecule has 2 unspecified atom stereocenters. The number of amides is 3. The average molecular weight is 319 g/mol. The number of rotatable bonds is 4. The van der Waals surface area contributed by atoms with Crippen LogP contribution in [0.1, 0.15) is 44.2 Å². The monoisotopic (exact) mass is 319 g/mol. The molecule has 2 N–H and O–H groups in total. The zero-order chi connectivity index (χ0) is 16.4. The molecule has 1 saturated heterocycles. The highest BCUT2D eigenvalue weighted by Crippen LogP contribution is 2.25. The van der Waals surface area contributed by atoms with E-state index in [1.807, 2.05) is 6.92 Å². The Kier molecular flexibility index (Phi) is 4.50. The predicted octanol–water partition coefficient (Wildman–Crippen LogP) is 2.34. The fraction of sp³-hybridized carbons (Fsp3) is 0.529. The minimum Gasteiger partial charge on any atom is -0.348 e. The Hall–Kier alpha value is -2.11. The van der Waals surface area contributed by atoms with Gasteiger partial charge in [0.25, 0.3) is 0 Å². The van der Waals surface area contributed by atoms with E-state index in [2.05, 4.69) is 10.6 Å². The number of nitrogens with one attached hydrogen (secondary N) is 2. The van der Waals surface area contributed by atoms with Crippen LogP contribution in [-0.2, 0) is 4.79 Å². The van der Waals surface area contributed by atoms with E-state index in [1.54, 1.807) is 17.0 Å². The number of nitrogens with zero attached hydrogens (tertiary/aromatic N) is 1. The van der Waals surface area contributed by atoms with E-state index >= 15 is 0 Å². The van der Waals surface area contributed by atoms with Crippen molar-refractivity contribution in [1.82, 2.24) is 15.5 Å². The van der Waals surface area contributed by atoms with Gasteiger partial charge in [-0.15, -0.1) is 0 Å². The fourth-order valence-electron chi connectivity index (χ4n) is 3.39. The van der Waals surface area contributed by atoms with Crippen molar-refractivity contribution in [1.29, 1.82) is 0 Å². The summed E-state index contributed by atoms with van der Waals surface area (Å²) in [4.78, 5) is 26.2. The molecule has 124 valence electrons. The molecular formula is C17H22FN3O2. The molecule has 6 heteroatoms. The Morgan fingerprint density at radius 3 is 2.61 bits per heavy atom. The Morgan fingerprint density at radius 2 is 1.96 bits per heavy atom. The molecule has 0 spiro atoms. The van der Waals surface area contributed by atoms with Crippen molar-refractivity contribution >= 4 is 11.9 Å². The summed E-state index contributed by atoms with van der Waals surface area (Å²) in [5, 5.41) is 5.65.